The van der Waals surface area contributed by atoms with E-state index < -0.39 is 0 Å². The van der Waals surface area contributed by atoms with Gasteiger partial charge in [-0.15, -0.1) is 11.3 Å². The second kappa shape index (κ2) is 15.0. The lowest BCUT2D eigenvalue weighted by molar-refractivity contribution is 0.214. The molecule has 0 amide bonds. The third-order valence-electron chi connectivity index (χ3n) is 4.44. The van der Waals surface area contributed by atoms with Gasteiger partial charge in [0.15, 0.2) is 0 Å². The molecule has 4 rings (SSSR count). The molecule has 32 heavy (non-hydrogen) atoms. The second-order valence-electron chi connectivity index (χ2n) is 6.02. The first-order chi connectivity index (χ1) is 15.8. The number of thiophene rings is 1. The fraction of sp³-hybridized carbons (Fsp3) is 0.321. The van der Waals surface area contributed by atoms with Gasteiger partial charge in [-0.05, 0) is 59.3 Å². The lowest BCUT2D eigenvalue weighted by Gasteiger charge is -2.06. The molecule has 4 heteroatoms. The average molecular weight is 452 g/mol. The van der Waals surface area contributed by atoms with Gasteiger partial charge in [0.25, 0.3) is 0 Å². The molecule has 0 saturated carbocycles. The first-order valence-electron chi connectivity index (χ1n) is 11.5. The van der Waals surface area contributed by atoms with Crippen molar-refractivity contribution in [3.63, 3.8) is 0 Å². The van der Waals surface area contributed by atoms with Crippen LogP contribution in [0.4, 0.5) is 0 Å². The van der Waals surface area contributed by atoms with E-state index in [0.29, 0.717) is 6.61 Å². The van der Waals surface area contributed by atoms with E-state index in [1.807, 2.05) is 71.9 Å². The Balaban J connectivity index is 0.000000789. The molecule has 172 valence electrons. The second-order valence-corrected chi connectivity index (χ2v) is 7.14. The van der Waals surface area contributed by atoms with E-state index in [0.717, 1.165) is 28.2 Å². The van der Waals surface area contributed by atoms with E-state index in [1.54, 1.807) is 18.4 Å². The van der Waals surface area contributed by atoms with E-state index in [4.69, 9.17) is 9.57 Å². The number of fused-ring (bicyclic) bond motifs is 3. The third-order valence-corrected chi connectivity index (χ3v) is 5.31. The van der Waals surface area contributed by atoms with Crippen LogP contribution in [-0.2, 0) is 4.84 Å². The largest absolute Gasteiger partial charge is 0.490 e. The van der Waals surface area contributed by atoms with Crippen molar-refractivity contribution in [2.45, 2.75) is 48.5 Å². The van der Waals surface area contributed by atoms with Crippen molar-refractivity contribution in [2.24, 2.45) is 5.16 Å². The molecule has 3 nitrogen and oxygen atoms in total. The number of hydrogen-bond donors (Lipinski definition) is 0. The van der Waals surface area contributed by atoms with Crippen molar-refractivity contribution in [1.29, 1.82) is 0 Å². The standard InChI is InChI=1S/C22H19NO2S.3C2H6/c1-15-16(11-13-26-15)6-5-12-25-17-9-10-19-18-7-3-4-8-20(18)22(23-24-2)21(19)14-17;3*1-2/h3-11,13-14H,12H2,1-2H3;3*1-2H3/b6-5+,23-22+;;;. The van der Waals surface area contributed by atoms with Crippen LogP contribution in [0, 0.1) is 6.92 Å². The topological polar surface area (TPSA) is 30.8 Å². The summed E-state index contributed by atoms with van der Waals surface area (Å²) in [6.07, 6.45) is 4.15. The maximum absolute atomic E-state index is 5.92. The van der Waals surface area contributed by atoms with Crippen molar-refractivity contribution >= 4 is 23.1 Å². The minimum absolute atomic E-state index is 0.526. The molecule has 0 atom stereocenters. The summed E-state index contributed by atoms with van der Waals surface area (Å²) in [6.45, 7) is 14.7. The van der Waals surface area contributed by atoms with Crippen LogP contribution >= 0.6 is 11.3 Å². The van der Waals surface area contributed by atoms with Crippen LogP contribution in [0.25, 0.3) is 17.2 Å². The van der Waals surface area contributed by atoms with Crippen LogP contribution < -0.4 is 4.74 Å². The van der Waals surface area contributed by atoms with Crippen molar-refractivity contribution < 1.29 is 9.57 Å². The zero-order chi connectivity index (χ0) is 23.9. The molecule has 0 spiro atoms. The number of hydrogen-bond acceptors (Lipinski definition) is 4. The van der Waals surface area contributed by atoms with Gasteiger partial charge in [-0.3, -0.25) is 0 Å². The van der Waals surface area contributed by atoms with E-state index in [-0.39, 0.29) is 0 Å². The summed E-state index contributed by atoms with van der Waals surface area (Å²) in [5.41, 5.74) is 6.58. The zero-order valence-electron chi connectivity index (χ0n) is 20.7. The van der Waals surface area contributed by atoms with Crippen LogP contribution in [0.15, 0.2) is 65.1 Å². The fourth-order valence-electron chi connectivity index (χ4n) is 3.19. The number of nitrogens with zero attached hydrogens (tertiary/aromatic N) is 1. The normalized spacial score (nSPS) is 11.8. The van der Waals surface area contributed by atoms with Gasteiger partial charge in [0.1, 0.15) is 25.2 Å². The first-order valence-corrected chi connectivity index (χ1v) is 12.3. The summed E-state index contributed by atoms with van der Waals surface area (Å²) in [5, 5.41) is 6.34. The molecule has 0 radical (unpaired) electrons. The van der Waals surface area contributed by atoms with Crippen LogP contribution in [0.5, 0.6) is 5.75 Å². The smallest absolute Gasteiger partial charge is 0.120 e. The van der Waals surface area contributed by atoms with E-state index >= 15 is 0 Å². The molecule has 3 aromatic rings. The van der Waals surface area contributed by atoms with Crippen molar-refractivity contribution in [3.05, 3.63) is 81.6 Å². The highest BCUT2D eigenvalue weighted by Crippen LogP contribution is 2.38. The highest BCUT2D eigenvalue weighted by Gasteiger charge is 2.25. The SMILES string of the molecule is CC.CC.CC.CO/N=C1\c2ccccc2-c2ccc(OC/C=C/c3ccsc3C)cc21. The third kappa shape index (κ3) is 6.57. The van der Waals surface area contributed by atoms with Crippen molar-refractivity contribution in [2.75, 3.05) is 13.7 Å². The molecule has 0 N–H and O–H groups in total. The van der Waals surface area contributed by atoms with E-state index in [2.05, 4.69) is 47.8 Å². The molecular formula is C28H37NO2S. The molecule has 1 aliphatic rings. The van der Waals surface area contributed by atoms with Gasteiger partial charge in [-0.2, -0.15) is 0 Å². The number of oxime groups is 1. The van der Waals surface area contributed by atoms with Gasteiger partial charge in [0.05, 0.1) is 0 Å². The molecule has 0 unspecified atom stereocenters. The Morgan fingerprint density at radius 2 is 1.50 bits per heavy atom. The summed E-state index contributed by atoms with van der Waals surface area (Å²) in [7, 11) is 1.57. The quantitative estimate of drug-likeness (QED) is 0.284. The molecule has 1 aliphatic carbocycles. The van der Waals surface area contributed by atoms with Gasteiger partial charge in [0, 0.05) is 16.0 Å². The Labute approximate surface area is 198 Å². The average Bonchev–Trinajstić information content (AvgIpc) is 3.42. The van der Waals surface area contributed by atoms with Gasteiger partial charge >= 0.3 is 0 Å². The lowest BCUT2D eigenvalue weighted by Crippen LogP contribution is -2.00. The van der Waals surface area contributed by atoms with Crippen molar-refractivity contribution in [3.8, 4) is 16.9 Å². The summed E-state index contributed by atoms with van der Waals surface area (Å²) in [4.78, 5) is 6.38. The predicted octanol–water partition coefficient (Wildman–Crippen LogP) is 8.61. The number of benzene rings is 2. The lowest BCUT2D eigenvalue weighted by atomic mass is 10.1. The molecule has 0 saturated heterocycles. The molecule has 0 aliphatic heterocycles. The molecule has 0 fully saturated rings. The Bertz CT molecular complexity index is 1000. The minimum atomic E-state index is 0.526. The maximum atomic E-state index is 5.92. The number of aryl methyl sites for hydroxylation is 1. The Kier molecular flexibility index (Phi) is 12.8. The Hall–Kier alpha value is -2.85. The fourth-order valence-corrected chi connectivity index (χ4v) is 3.88. The Morgan fingerprint density at radius 1 is 0.844 bits per heavy atom. The molecule has 1 heterocycles. The predicted molar refractivity (Wildman–Crippen MR) is 142 cm³/mol. The maximum Gasteiger partial charge on any atom is 0.120 e. The van der Waals surface area contributed by atoms with Crippen LogP contribution in [0.2, 0.25) is 0 Å². The van der Waals surface area contributed by atoms with Gasteiger partial charge in [-0.1, -0.05) is 77.0 Å². The highest BCUT2D eigenvalue weighted by molar-refractivity contribution is 7.10. The minimum Gasteiger partial charge on any atom is -0.490 e. The number of ether oxygens (including phenoxy) is 1. The molecular weight excluding hydrogens is 414 g/mol. The summed E-state index contributed by atoms with van der Waals surface area (Å²) < 4.78 is 5.92. The summed E-state index contributed by atoms with van der Waals surface area (Å²) in [6, 6.07) is 16.5. The van der Waals surface area contributed by atoms with Gasteiger partial charge < -0.3 is 9.57 Å². The van der Waals surface area contributed by atoms with Crippen LogP contribution in [0.3, 0.4) is 0 Å². The summed E-state index contributed by atoms with van der Waals surface area (Å²) >= 11 is 1.75. The highest BCUT2D eigenvalue weighted by atomic mass is 32.1. The van der Waals surface area contributed by atoms with E-state index in [9.17, 15) is 0 Å². The first kappa shape index (κ1) is 27.2. The van der Waals surface area contributed by atoms with Crippen LogP contribution in [-0.4, -0.2) is 19.4 Å². The summed E-state index contributed by atoms with van der Waals surface area (Å²) in [5.74, 6) is 0.826. The zero-order valence-corrected chi connectivity index (χ0v) is 21.5. The van der Waals surface area contributed by atoms with Crippen LogP contribution in [0.1, 0.15) is 63.1 Å². The monoisotopic (exact) mass is 451 g/mol. The van der Waals surface area contributed by atoms with Gasteiger partial charge in [-0.25, -0.2) is 0 Å². The molecule has 2 aromatic carbocycles. The molecule has 1 aromatic heterocycles. The van der Waals surface area contributed by atoms with Crippen molar-refractivity contribution in [1.82, 2.24) is 0 Å². The number of rotatable bonds is 5. The molecule has 0 bridgehead atoms. The van der Waals surface area contributed by atoms with E-state index in [1.165, 1.54) is 16.0 Å². The Morgan fingerprint density at radius 3 is 2.12 bits per heavy atom. The van der Waals surface area contributed by atoms with Gasteiger partial charge in [0.2, 0.25) is 0 Å².